The van der Waals surface area contributed by atoms with E-state index < -0.39 is 0 Å². The van der Waals surface area contributed by atoms with Gasteiger partial charge >= 0.3 is 0 Å². The molecule has 0 spiro atoms. The summed E-state index contributed by atoms with van der Waals surface area (Å²) in [6.45, 7) is -0.00649. The highest BCUT2D eigenvalue weighted by molar-refractivity contribution is 7.71. The van der Waals surface area contributed by atoms with E-state index in [4.69, 9.17) is 0 Å². The fraction of sp³-hybridized carbons (Fsp3) is 0.400. The first-order valence-corrected chi connectivity index (χ1v) is 3.56. The van der Waals surface area contributed by atoms with Gasteiger partial charge in [0, 0.05) is 7.11 Å². The van der Waals surface area contributed by atoms with Gasteiger partial charge in [0.2, 0.25) is 10.7 Å². The number of hydrogen-bond donors (Lipinski definition) is 3. The van der Waals surface area contributed by atoms with Gasteiger partial charge < -0.3 is 4.74 Å². The van der Waals surface area contributed by atoms with Crippen molar-refractivity contribution in [2.24, 2.45) is 0 Å². The van der Waals surface area contributed by atoms with Gasteiger partial charge in [-0.05, 0) is 12.2 Å². The van der Waals surface area contributed by atoms with E-state index in [0.29, 0.717) is 10.7 Å². The number of carbonyl (C=O) groups excluding carboxylic acids is 1. The molecule has 0 radical (unpaired) electrons. The van der Waals surface area contributed by atoms with Gasteiger partial charge in [0.15, 0.2) is 0 Å². The average Bonchev–Trinajstić information content (AvgIpc) is 2.36. The van der Waals surface area contributed by atoms with Crippen molar-refractivity contribution >= 4 is 24.1 Å². The number of nitrogens with one attached hydrogen (secondary N) is 3. The van der Waals surface area contributed by atoms with Crippen LogP contribution in [-0.4, -0.2) is 34.8 Å². The van der Waals surface area contributed by atoms with Crippen molar-refractivity contribution in [3.05, 3.63) is 4.77 Å². The van der Waals surface area contributed by atoms with Crippen LogP contribution in [0.1, 0.15) is 0 Å². The first-order valence-electron chi connectivity index (χ1n) is 3.16. The Kier molecular flexibility index (Phi) is 2.94. The lowest BCUT2D eigenvalue weighted by Gasteiger charge is -1.97. The Labute approximate surface area is 73.3 Å². The summed E-state index contributed by atoms with van der Waals surface area (Å²) in [7, 11) is 1.44. The molecule has 1 heterocycles. The summed E-state index contributed by atoms with van der Waals surface area (Å²) in [6, 6.07) is 0. The van der Waals surface area contributed by atoms with E-state index in [1.54, 1.807) is 0 Å². The monoisotopic (exact) mass is 188 g/mol. The van der Waals surface area contributed by atoms with Crippen LogP contribution in [0.15, 0.2) is 0 Å². The minimum absolute atomic E-state index is 0.00649. The fourth-order valence-electron chi connectivity index (χ4n) is 0.629. The van der Waals surface area contributed by atoms with Crippen molar-refractivity contribution in [2.75, 3.05) is 19.0 Å². The van der Waals surface area contributed by atoms with E-state index >= 15 is 0 Å². The molecule has 0 aliphatic carbocycles. The number of nitrogens with zero attached hydrogens (tertiary/aromatic N) is 1. The van der Waals surface area contributed by atoms with Crippen LogP contribution in [-0.2, 0) is 9.53 Å². The lowest BCUT2D eigenvalue weighted by molar-refractivity contribution is -0.119. The summed E-state index contributed by atoms with van der Waals surface area (Å²) >= 11 is 4.67. The van der Waals surface area contributed by atoms with Gasteiger partial charge in [-0.1, -0.05) is 0 Å². The summed E-state index contributed by atoms with van der Waals surface area (Å²) in [5, 5.41) is 7.54. The molecule has 0 bridgehead atoms. The molecule has 0 atom stereocenters. The lowest BCUT2D eigenvalue weighted by atomic mass is 10.6. The minimum Gasteiger partial charge on any atom is -0.375 e. The van der Waals surface area contributed by atoms with Crippen molar-refractivity contribution < 1.29 is 9.53 Å². The quantitative estimate of drug-likeness (QED) is 0.585. The molecule has 0 aliphatic heterocycles. The Morgan fingerprint density at radius 1 is 1.75 bits per heavy atom. The fourth-order valence-corrected chi connectivity index (χ4v) is 0.771. The largest absolute Gasteiger partial charge is 0.375 e. The van der Waals surface area contributed by atoms with Crippen LogP contribution in [0.3, 0.4) is 0 Å². The molecule has 12 heavy (non-hydrogen) atoms. The summed E-state index contributed by atoms with van der Waals surface area (Å²) in [4.78, 5) is 14.6. The maximum absolute atomic E-state index is 10.9. The van der Waals surface area contributed by atoms with E-state index in [0.717, 1.165) is 0 Å². The zero-order chi connectivity index (χ0) is 8.97. The molecule has 1 aromatic rings. The molecule has 0 unspecified atom stereocenters. The molecule has 0 aliphatic rings. The van der Waals surface area contributed by atoms with E-state index in [1.807, 2.05) is 0 Å². The molecule has 3 N–H and O–H groups in total. The second-order valence-corrected chi connectivity index (χ2v) is 2.38. The van der Waals surface area contributed by atoms with Gasteiger partial charge in [-0.15, -0.1) is 0 Å². The molecule has 0 saturated carbocycles. The first kappa shape index (κ1) is 8.88. The van der Waals surface area contributed by atoms with Gasteiger partial charge in [-0.25, -0.2) is 0 Å². The summed E-state index contributed by atoms with van der Waals surface area (Å²) in [5.41, 5.74) is 0. The van der Waals surface area contributed by atoms with Gasteiger partial charge in [-0.2, -0.15) is 4.98 Å². The molecule has 66 valence electrons. The Morgan fingerprint density at radius 3 is 3.00 bits per heavy atom. The summed E-state index contributed by atoms with van der Waals surface area (Å²) in [6.07, 6.45) is 0. The Balaban J connectivity index is 2.52. The molecule has 0 saturated heterocycles. The van der Waals surface area contributed by atoms with Crippen LogP contribution < -0.4 is 5.32 Å². The summed E-state index contributed by atoms with van der Waals surface area (Å²) < 4.78 is 4.89. The number of anilines is 1. The normalized spacial score (nSPS) is 9.75. The third-order valence-corrected chi connectivity index (χ3v) is 1.23. The molecule has 7 heteroatoms. The highest BCUT2D eigenvalue weighted by Gasteiger charge is 2.02. The topological polar surface area (TPSA) is 82.8 Å². The van der Waals surface area contributed by atoms with Crippen LogP contribution in [0.5, 0.6) is 0 Å². The van der Waals surface area contributed by atoms with Crippen LogP contribution in [0, 0.1) is 4.77 Å². The van der Waals surface area contributed by atoms with Crippen molar-refractivity contribution in [1.29, 1.82) is 0 Å². The number of rotatable bonds is 3. The van der Waals surface area contributed by atoms with Crippen molar-refractivity contribution in [3.8, 4) is 0 Å². The molecular weight excluding hydrogens is 180 g/mol. The second-order valence-electron chi connectivity index (χ2n) is 2.00. The zero-order valence-corrected chi connectivity index (χ0v) is 7.20. The third-order valence-electron chi connectivity index (χ3n) is 1.03. The molecule has 6 nitrogen and oxygen atoms in total. The average molecular weight is 188 g/mol. The maximum Gasteiger partial charge on any atom is 0.252 e. The van der Waals surface area contributed by atoms with Crippen molar-refractivity contribution in [2.45, 2.75) is 0 Å². The molecule has 1 aromatic heterocycles. The minimum atomic E-state index is -0.282. The first-order chi connectivity index (χ1) is 5.72. The SMILES string of the molecule is COCC(=O)Nc1nc(=S)[nH][nH]1. The predicted octanol–water partition coefficient (Wildman–Crippen LogP) is 0.0522. The van der Waals surface area contributed by atoms with Gasteiger partial charge in [0.1, 0.15) is 6.61 Å². The maximum atomic E-state index is 10.9. The highest BCUT2D eigenvalue weighted by atomic mass is 32.1. The Morgan fingerprint density at radius 2 is 2.50 bits per heavy atom. The van der Waals surface area contributed by atoms with Crippen LogP contribution in [0.25, 0.3) is 0 Å². The number of methoxy groups -OCH3 is 1. The number of carbonyl (C=O) groups is 1. The number of H-pyrrole nitrogens is 2. The van der Waals surface area contributed by atoms with E-state index in [9.17, 15) is 4.79 Å². The number of aromatic nitrogens is 3. The molecule has 0 fully saturated rings. The molecule has 1 amide bonds. The molecular formula is C5H8N4O2S. The van der Waals surface area contributed by atoms with Gasteiger partial charge in [-0.3, -0.25) is 20.3 Å². The second kappa shape index (κ2) is 3.98. The van der Waals surface area contributed by atoms with E-state index in [2.05, 4.69) is 37.5 Å². The van der Waals surface area contributed by atoms with Crippen LogP contribution in [0.4, 0.5) is 5.95 Å². The van der Waals surface area contributed by atoms with Crippen molar-refractivity contribution in [3.63, 3.8) is 0 Å². The number of ether oxygens (including phenoxy) is 1. The number of aromatic amines is 2. The Bertz CT molecular complexity index is 317. The van der Waals surface area contributed by atoms with Crippen LogP contribution in [0.2, 0.25) is 0 Å². The molecule has 0 aromatic carbocycles. The molecule has 1 rings (SSSR count). The number of amides is 1. The van der Waals surface area contributed by atoms with E-state index in [1.165, 1.54) is 7.11 Å². The van der Waals surface area contributed by atoms with Gasteiger partial charge in [0.25, 0.3) is 5.91 Å². The van der Waals surface area contributed by atoms with E-state index in [-0.39, 0.29) is 12.5 Å². The standard InChI is InChI=1S/C5H8N4O2S/c1-11-2-3(10)6-4-7-5(12)9-8-4/h2H2,1H3,(H3,6,7,8,9,10,12). The van der Waals surface area contributed by atoms with Crippen molar-refractivity contribution in [1.82, 2.24) is 15.2 Å². The zero-order valence-electron chi connectivity index (χ0n) is 6.38. The van der Waals surface area contributed by atoms with Crippen LogP contribution >= 0.6 is 12.2 Å². The van der Waals surface area contributed by atoms with Gasteiger partial charge in [0.05, 0.1) is 0 Å². The Hall–Kier alpha value is -1.21. The number of hydrogen-bond acceptors (Lipinski definition) is 4. The summed E-state index contributed by atoms with van der Waals surface area (Å²) in [5.74, 6) is 0.0114. The smallest absolute Gasteiger partial charge is 0.252 e. The highest BCUT2D eigenvalue weighted by Crippen LogP contribution is 1.93. The predicted molar refractivity (Wildman–Crippen MR) is 44.3 cm³/mol. The lowest BCUT2D eigenvalue weighted by Crippen LogP contribution is -2.17. The third kappa shape index (κ3) is 2.44.